The van der Waals surface area contributed by atoms with E-state index in [0.717, 1.165) is 16.3 Å². The van der Waals surface area contributed by atoms with Crippen molar-refractivity contribution in [3.8, 4) is 10.6 Å². The average Bonchev–Trinajstić information content (AvgIpc) is 3.50. The van der Waals surface area contributed by atoms with Gasteiger partial charge in [0.25, 0.3) is 0 Å². The van der Waals surface area contributed by atoms with Gasteiger partial charge >= 0.3 is 12.4 Å². The minimum absolute atomic E-state index is 0.0409. The molecule has 0 aliphatic carbocycles. The van der Waals surface area contributed by atoms with Gasteiger partial charge in [0, 0.05) is 36.0 Å². The Labute approximate surface area is 239 Å². The number of rotatable bonds is 4. The molecule has 224 valence electrons. The highest BCUT2D eigenvalue weighted by molar-refractivity contribution is 7.13. The summed E-state index contributed by atoms with van der Waals surface area (Å²) in [7, 11) is 0. The molecule has 1 amide bonds. The standard InChI is InChI=1S/C29H34F6N4OS/c1-26(2,3)19-11-18(12-20(13-19)27(4,5)6)25-36-21(16-41-25)17-7-9-38(10-8-17)24(40)15-39-23(29(33,34)35)14-22(37-39)28(30,31)32/h11-14,16-17H,7-10,15H2,1-6H3. The monoisotopic (exact) mass is 600 g/mol. The lowest BCUT2D eigenvalue weighted by molar-refractivity contribution is -0.146. The van der Waals surface area contributed by atoms with E-state index < -0.39 is 36.2 Å². The normalized spacial score (nSPS) is 16.0. The second-order valence-electron chi connectivity index (χ2n) is 12.6. The number of thiazole rings is 1. The SMILES string of the molecule is CC(C)(C)c1cc(-c2nc(C3CCN(C(=O)Cn4nc(C(F)(F)F)cc4C(F)(F)F)CC3)cs2)cc(C(C)(C)C)c1. The molecule has 0 bridgehead atoms. The van der Waals surface area contributed by atoms with Crippen molar-refractivity contribution in [3.05, 3.63) is 57.9 Å². The summed E-state index contributed by atoms with van der Waals surface area (Å²) in [5.74, 6) is -0.650. The maximum atomic E-state index is 13.3. The fourth-order valence-corrected chi connectivity index (χ4v) is 5.67. The predicted octanol–water partition coefficient (Wildman–Crippen LogP) is 8.05. The molecule has 41 heavy (non-hydrogen) atoms. The van der Waals surface area contributed by atoms with Gasteiger partial charge in [0.1, 0.15) is 17.2 Å². The first-order chi connectivity index (χ1) is 18.7. The summed E-state index contributed by atoms with van der Waals surface area (Å²) in [4.78, 5) is 19.1. The van der Waals surface area contributed by atoms with E-state index >= 15 is 0 Å². The molecule has 0 atom stereocenters. The van der Waals surface area contributed by atoms with Gasteiger partial charge in [0.15, 0.2) is 5.69 Å². The Morgan fingerprint density at radius 1 is 0.878 bits per heavy atom. The van der Waals surface area contributed by atoms with Crippen molar-refractivity contribution < 1.29 is 31.1 Å². The Morgan fingerprint density at radius 3 is 1.93 bits per heavy atom. The maximum absolute atomic E-state index is 13.3. The van der Waals surface area contributed by atoms with Crippen LogP contribution in [0.1, 0.15) is 88.5 Å². The van der Waals surface area contributed by atoms with Crippen LogP contribution in [0.4, 0.5) is 26.3 Å². The lowest BCUT2D eigenvalue weighted by Gasteiger charge is -2.31. The van der Waals surface area contributed by atoms with E-state index in [9.17, 15) is 31.1 Å². The molecule has 0 radical (unpaired) electrons. The van der Waals surface area contributed by atoms with Crippen LogP contribution < -0.4 is 0 Å². The summed E-state index contributed by atoms with van der Waals surface area (Å²) in [6, 6.07) is 6.53. The number of likely N-dealkylation sites (tertiary alicyclic amines) is 1. The van der Waals surface area contributed by atoms with Crippen LogP contribution in [0.15, 0.2) is 29.6 Å². The molecule has 0 spiro atoms. The molecule has 1 fully saturated rings. The molecular weight excluding hydrogens is 566 g/mol. The van der Waals surface area contributed by atoms with E-state index in [0.29, 0.717) is 12.8 Å². The molecule has 1 aliphatic heterocycles. The molecule has 3 heterocycles. The number of nitrogens with zero attached hydrogens (tertiary/aromatic N) is 4. The first-order valence-electron chi connectivity index (χ1n) is 13.4. The molecule has 5 nitrogen and oxygen atoms in total. The fraction of sp³-hybridized carbons (Fsp3) is 0.552. The van der Waals surface area contributed by atoms with Gasteiger partial charge in [-0.1, -0.05) is 47.6 Å². The van der Waals surface area contributed by atoms with Crippen LogP contribution in [0, 0.1) is 0 Å². The Kier molecular flexibility index (Phi) is 8.14. The second-order valence-corrected chi connectivity index (χ2v) is 13.5. The largest absolute Gasteiger partial charge is 0.435 e. The predicted molar refractivity (Wildman–Crippen MR) is 146 cm³/mol. The van der Waals surface area contributed by atoms with E-state index in [1.54, 1.807) is 11.3 Å². The molecule has 1 aliphatic rings. The maximum Gasteiger partial charge on any atom is 0.435 e. The van der Waals surface area contributed by atoms with Crippen molar-refractivity contribution in [3.63, 3.8) is 0 Å². The fourth-order valence-electron chi connectivity index (χ4n) is 4.78. The van der Waals surface area contributed by atoms with Crippen LogP contribution >= 0.6 is 11.3 Å². The number of carbonyl (C=O) groups is 1. The summed E-state index contributed by atoms with van der Waals surface area (Å²) in [5, 5.41) is 5.94. The van der Waals surface area contributed by atoms with Gasteiger partial charge < -0.3 is 4.90 Å². The number of aromatic nitrogens is 3. The van der Waals surface area contributed by atoms with Crippen molar-refractivity contribution >= 4 is 17.2 Å². The highest BCUT2D eigenvalue weighted by Crippen LogP contribution is 2.38. The molecular formula is C29H34F6N4OS. The third-order valence-corrected chi connectivity index (χ3v) is 8.26. The van der Waals surface area contributed by atoms with Crippen molar-refractivity contribution in [2.45, 2.75) is 90.0 Å². The zero-order valence-electron chi connectivity index (χ0n) is 23.9. The topological polar surface area (TPSA) is 51.0 Å². The van der Waals surface area contributed by atoms with Gasteiger partial charge in [-0.3, -0.25) is 9.48 Å². The summed E-state index contributed by atoms with van der Waals surface area (Å²) >= 11 is 1.55. The lowest BCUT2D eigenvalue weighted by atomic mass is 9.79. The van der Waals surface area contributed by atoms with Crippen LogP contribution in [0.3, 0.4) is 0 Å². The lowest BCUT2D eigenvalue weighted by Crippen LogP contribution is -2.40. The number of alkyl halides is 6. The number of benzene rings is 1. The number of hydrogen-bond acceptors (Lipinski definition) is 4. The number of amides is 1. The number of piperidine rings is 1. The Bertz CT molecular complexity index is 1370. The molecule has 12 heteroatoms. The molecule has 3 aromatic rings. The Morgan fingerprint density at radius 2 is 1.44 bits per heavy atom. The van der Waals surface area contributed by atoms with E-state index in [1.807, 2.05) is 5.38 Å². The van der Waals surface area contributed by atoms with Crippen LogP contribution in [-0.4, -0.2) is 38.7 Å². The van der Waals surface area contributed by atoms with Crippen LogP contribution in [-0.2, 0) is 34.5 Å². The quantitative estimate of drug-likeness (QED) is 0.285. The molecule has 4 rings (SSSR count). The van der Waals surface area contributed by atoms with Crippen molar-refractivity contribution in [2.75, 3.05) is 13.1 Å². The molecule has 1 saturated heterocycles. The number of halogens is 6. The summed E-state index contributed by atoms with van der Waals surface area (Å²) in [5.41, 5.74) is 1.02. The van der Waals surface area contributed by atoms with Gasteiger partial charge in [-0.05, 0) is 46.9 Å². The van der Waals surface area contributed by atoms with Gasteiger partial charge in [0.05, 0.1) is 5.69 Å². The van der Waals surface area contributed by atoms with Gasteiger partial charge in [-0.15, -0.1) is 11.3 Å². The molecule has 0 saturated carbocycles. The zero-order valence-corrected chi connectivity index (χ0v) is 24.7. The van der Waals surface area contributed by atoms with E-state index in [2.05, 4.69) is 64.8 Å². The van der Waals surface area contributed by atoms with Gasteiger partial charge in [0.2, 0.25) is 5.91 Å². The minimum atomic E-state index is -5.08. The summed E-state index contributed by atoms with van der Waals surface area (Å²) in [6.07, 6.45) is -9.04. The average molecular weight is 601 g/mol. The first-order valence-corrected chi connectivity index (χ1v) is 14.2. The highest BCUT2D eigenvalue weighted by atomic mass is 32.1. The van der Waals surface area contributed by atoms with E-state index in [1.165, 1.54) is 16.0 Å². The second kappa shape index (κ2) is 10.7. The van der Waals surface area contributed by atoms with Crippen molar-refractivity contribution in [2.24, 2.45) is 0 Å². The number of hydrogen-bond donors (Lipinski definition) is 0. The van der Waals surface area contributed by atoms with Crippen LogP contribution in [0.25, 0.3) is 10.6 Å². The third-order valence-electron chi connectivity index (χ3n) is 7.35. The van der Waals surface area contributed by atoms with Gasteiger partial charge in [-0.2, -0.15) is 31.4 Å². The zero-order chi connectivity index (χ0) is 30.5. The van der Waals surface area contributed by atoms with Crippen LogP contribution in [0.5, 0.6) is 0 Å². The smallest absolute Gasteiger partial charge is 0.341 e. The summed E-state index contributed by atoms with van der Waals surface area (Å²) < 4.78 is 78.9. The number of carbonyl (C=O) groups excluding carboxylic acids is 1. The van der Waals surface area contributed by atoms with E-state index in [-0.39, 0.29) is 40.6 Å². The third kappa shape index (κ3) is 7.13. The van der Waals surface area contributed by atoms with Gasteiger partial charge in [-0.25, -0.2) is 4.98 Å². The Hall–Kier alpha value is -2.89. The van der Waals surface area contributed by atoms with Crippen molar-refractivity contribution in [1.82, 2.24) is 19.7 Å². The molecule has 1 aromatic carbocycles. The van der Waals surface area contributed by atoms with Crippen molar-refractivity contribution in [1.29, 1.82) is 0 Å². The molecule has 2 aromatic heterocycles. The molecule has 0 N–H and O–H groups in total. The molecule has 0 unspecified atom stereocenters. The highest BCUT2D eigenvalue weighted by Gasteiger charge is 2.42. The Balaban J connectivity index is 1.46. The summed E-state index contributed by atoms with van der Waals surface area (Å²) in [6.45, 7) is 12.6. The first kappa shape index (κ1) is 31.1. The van der Waals surface area contributed by atoms with E-state index in [4.69, 9.17) is 4.98 Å². The minimum Gasteiger partial charge on any atom is -0.341 e. The van der Waals surface area contributed by atoms with Crippen LogP contribution in [0.2, 0.25) is 0 Å².